The van der Waals surface area contributed by atoms with Crippen LogP contribution in [0.4, 0.5) is 4.39 Å². The van der Waals surface area contributed by atoms with Crippen molar-refractivity contribution in [2.75, 3.05) is 7.11 Å². The van der Waals surface area contributed by atoms with Gasteiger partial charge in [-0.25, -0.2) is 4.39 Å². The van der Waals surface area contributed by atoms with Gasteiger partial charge in [-0.1, -0.05) is 12.1 Å². The Morgan fingerprint density at radius 2 is 1.87 bits per heavy atom. The van der Waals surface area contributed by atoms with Gasteiger partial charge in [0, 0.05) is 5.56 Å². The van der Waals surface area contributed by atoms with Gasteiger partial charge in [-0.3, -0.25) is 9.59 Å². The first-order valence-corrected chi connectivity index (χ1v) is 6.58. The maximum absolute atomic E-state index is 13.6. The van der Waals surface area contributed by atoms with E-state index in [0.717, 1.165) is 12.1 Å². The molecule has 0 spiro atoms. The first-order chi connectivity index (χ1) is 11.0. The Kier molecular flexibility index (Phi) is 4.72. The summed E-state index contributed by atoms with van der Waals surface area (Å²) in [5, 5.41) is 18.0. The van der Waals surface area contributed by atoms with Gasteiger partial charge >= 0.3 is 5.97 Å². The van der Waals surface area contributed by atoms with Crippen molar-refractivity contribution in [3.8, 4) is 11.8 Å². The average Bonchev–Trinajstić information content (AvgIpc) is 2.55. The SMILES string of the molecule is COc1ccc(C(C(=O)O)C(=O)c2ccc(C#N)c(F)c2)cc1. The summed E-state index contributed by atoms with van der Waals surface area (Å²) in [6.07, 6.45) is 0. The van der Waals surface area contributed by atoms with Crippen molar-refractivity contribution in [2.45, 2.75) is 5.92 Å². The molecule has 1 N–H and O–H groups in total. The standard InChI is InChI=1S/C17H12FNO4/c1-23-13-6-4-10(5-7-13)15(17(21)22)16(20)11-2-3-12(9-19)14(18)8-11/h2-8,15H,1H3,(H,21,22). The molecule has 116 valence electrons. The van der Waals surface area contributed by atoms with Crippen LogP contribution in [-0.4, -0.2) is 24.0 Å². The largest absolute Gasteiger partial charge is 0.497 e. The molecule has 0 aliphatic heterocycles. The highest BCUT2D eigenvalue weighted by Gasteiger charge is 2.29. The lowest BCUT2D eigenvalue weighted by molar-refractivity contribution is -0.137. The van der Waals surface area contributed by atoms with Crippen molar-refractivity contribution in [1.82, 2.24) is 0 Å². The molecule has 2 aromatic carbocycles. The third-order valence-corrected chi connectivity index (χ3v) is 3.33. The van der Waals surface area contributed by atoms with Crippen LogP contribution in [0.5, 0.6) is 5.75 Å². The zero-order valence-corrected chi connectivity index (χ0v) is 12.1. The molecule has 0 heterocycles. The highest BCUT2D eigenvalue weighted by Crippen LogP contribution is 2.24. The molecule has 0 aromatic heterocycles. The van der Waals surface area contributed by atoms with Crippen LogP contribution in [0.15, 0.2) is 42.5 Å². The molecule has 5 nitrogen and oxygen atoms in total. The third-order valence-electron chi connectivity index (χ3n) is 3.33. The van der Waals surface area contributed by atoms with Crippen LogP contribution < -0.4 is 4.74 Å². The lowest BCUT2D eigenvalue weighted by Gasteiger charge is -2.12. The first-order valence-electron chi connectivity index (χ1n) is 6.58. The number of methoxy groups -OCH3 is 1. The average molecular weight is 313 g/mol. The lowest BCUT2D eigenvalue weighted by atomic mass is 9.90. The summed E-state index contributed by atoms with van der Waals surface area (Å²) in [5.74, 6) is -3.91. The fraction of sp³-hybridized carbons (Fsp3) is 0.118. The van der Waals surface area contributed by atoms with Crippen molar-refractivity contribution in [2.24, 2.45) is 0 Å². The zero-order valence-electron chi connectivity index (χ0n) is 12.1. The number of halogens is 1. The first kappa shape index (κ1) is 16.2. The number of nitriles is 1. The number of ether oxygens (including phenoxy) is 1. The number of hydrogen-bond acceptors (Lipinski definition) is 4. The van der Waals surface area contributed by atoms with Crippen molar-refractivity contribution >= 4 is 11.8 Å². The summed E-state index contributed by atoms with van der Waals surface area (Å²) >= 11 is 0. The Morgan fingerprint density at radius 1 is 1.22 bits per heavy atom. The van der Waals surface area contributed by atoms with E-state index < -0.39 is 23.5 Å². The molecule has 1 unspecified atom stereocenters. The van der Waals surface area contributed by atoms with Gasteiger partial charge in [0.2, 0.25) is 0 Å². The normalized spacial score (nSPS) is 11.3. The fourth-order valence-electron chi connectivity index (χ4n) is 2.13. The molecule has 23 heavy (non-hydrogen) atoms. The monoisotopic (exact) mass is 313 g/mol. The van der Waals surface area contributed by atoms with Crippen LogP contribution in [0.1, 0.15) is 27.4 Å². The predicted molar refractivity (Wildman–Crippen MR) is 78.8 cm³/mol. The van der Waals surface area contributed by atoms with Crippen molar-refractivity contribution in [3.63, 3.8) is 0 Å². The molecule has 6 heteroatoms. The number of rotatable bonds is 5. The molecule has 0 saturated heterocycles. The van der Waals surface area contributed by atoms with Gasteiger partial charge in [-0.15, -0.1) is 0 Å². The van der Waals surface area contributed by atoms with E-state index in [0.29, 0.717) is 5.75 Å². The molecule has 0 bridgehead atoms. The summed E-state index contributed by atoms with van der Waals surface area (Å²) in [5.41, 5.74) is -0.0596. The van der Waals surface area contributed by atoms with E-state index >= 15 is 0 Å². The Labute approximate surface area is 131 Å². The van der Waals surface area contributed by atoms with Crippen LogP contribution in [0, 0.1) is 17.1 Å². The maximum atomic E-state index is 13.6. The van der Waals surface area contributed by atoms with Gasteiger partial charge in [0.15, 0.2) is 5.78 Å². The van der Waals surface area contributed by atoms with Crippen LogP contribution >= 0.6 is 0 Å². The van der Waals surface area contributed by atoms with E-state index in [-0.39, 0.29) is 16.7 Å². The van der Waals surface area contributed by atoms with E-state index in [1.807, 2.05) is 0 Å². The van der Waals surface area contributed by atoms with Gasteiger partial charge in [-0.2, -0.15) is 5.26 Å². The summed E-state index contributed by atoms with van der Waals surface area (Å²) in [7, 11) is 1.47. The maximum Gasteiger partial charge on any atom is 0.318 e. The molecule has 0 radical (unpaired) electrons. The summed E-state index contributed by atoms with van der Waals surface area (Å²) in [6.45, 7) is 0. The van der Waals surface area contributed by atoms with Gasteiger partial charge in [0.05, 0.1) is 12.7 Å². The van der Waals surface area contributed by atoms with Crippen LogP contribution in [-0.2, 0) is 4.79 Å². The minimum absolute atomic E-state index is 0.107. The lowest BCUT2D eigenvalue weighted by Crippen LogP contribution is -2.22. The Balaban J connectivity index is 2.41. The molecule has 0 aliphatic rings. The second-order valence-electron chi connectivity index (χ2n) is 4.72. The van der Waals surface area contributed by atoms with E-state index in [1.54, 1.807) is 6.07 Å². The topological polar surface area (TPSA) is 87.4 Å². The Bertz CT molecular complexity index is 793. The number of Topliss-reactive ketones (excluding diaryl/α,β-unsaturated/α-hetero) is 1. The van der Waals surface area contributed by atoms with Crippen molar-refractivity contribution in [1.29, 1.82) is 5.26 Å². The third kappa shape index (κ3) is 3.35. The van der Waals surface area contributed by atoms with Crippen molar-refractivity contribution in [3.05, 3.63) is 65.0 Å². The smallest absolute Gasteiger partial charge is 0.318 e. The molecular weight excluding hydrogens is 301 g/mol. The Hall–Kier alpha value is -3.20. The highest BCUT2D eigenvalue weighted by atomic mass is 19.1. The molecule has 2 aromatic rings. The second kappa shape index (κ2) is 6.71. The van der Waals surface area contributed by atoms with Crippen molar-refractivity contribution < 1.29 is 23.8 Å². The van der Waals surface area contributed by atoms with E-state index in [4.69, 9.17) is 10.00 Å². The number of hydrogen-bond donors (Lipinski definition) is 1. The fourth-order valence-corrected chi connectivity index (χ4v) is 2.13. The number of carbonyl (C=O) groups is 2. The van der Waals surface area contributed by atoms with Crippen LogP contribution in [0.2, 0.25) is 0 Å². The highest BCUT2D eigenvalue weighted by molar-refractivity contribution is 6.12. The van der Waals surface area contributed by atoms with Gasteiger partial charge < -0.3 is 9.84 Å². The predicted octanol–water partition coefficient (Wildman–Crippen LogP) is 2.76. The molecule has 0 aliphatic carbocycles. The summed E-state index contributed by atoms with van der Waals surface area (Å²) in [6, 6.07) is 10.9. The second-order valence-corrected chi connectivity index (χ2v) is 4.72. The van der Waals surface area contributed by atoms with Crippen LogP contribution in [0.3, 0.4) is 0 Å². The quantitative estimate of drug-likeness (QED) is 0.677. The Morgan fingerprint density at radius 3 is 2.35 bits per heavy atom. The molecule has 0 saturated carbocycles. The molecule has 1 atom stereocenters. The number of carboxylic acids is 1. The number of carboxylic acid groups (broad SMARTS) is 1. The number of ketones is 1. The number of benzene rings is 2. The van der Waals surface area contributed by atoms with E-state index in [9.17, 15) is 19.1 Å². The van der Waals surface area contributed by atoms with Gasteiger partial charge in [0.25, 0.3) is 0 Å². The number of carbonyl (C=O) groups excluding carboxylic acids is 1. The van der Waals surface area contributed by atoms with Gasteiger partial charge in [-0.05, 0) is 35.9 Å². The minimum Gasteiger partial charge on any atom is -0.497 e. The number of nitrogens with zero attached hydrogens (tertiary/aromatic N) is 1. The summed E-state index contributed by atoms with van der Waals surface area (Å²) in [4.78, 5) is 23.9. The van der Waals surface area contributed by atoms with Crippen LogP contribution in [0.25, 0.3) is 0 Å². The van der Waals surface area contributed by atoms with Gasteiger partial charge in [0.1, 0.15) is 23.6 Å². The summed E-state index contributed by atoms with van der Waals surface area (Å²) < 4.78 is 18.6. The zero-order chi connectivity index (χ0) is 17.0. The molecule has 0 fully saturated rings. The van der Waals surface area contributed by atoms with E-state index in [2.05, 4.69) is 0 Å². The number of aliphatic carboxylic acids is 1. The van der Waals surface area contributed by atoms with E-state index in [1.165, 1.54) is 37.4 Å². The minimum atomic E-state index is -1.46. The molecule has 2 rings (SSSR count). The molecular formula is C17H12FNO4. The molecule has 0 amide bonds.